The van der Waals surface area contributed by atoms with Gasteiger partial charge >= 0.3 is 0 Å². The van der Waals surface area contributed by atoms with Gasteiger partial charge in [-0.1, -0.05) is 0 Å². The molecule has 3 rings (SSSR count). The van der Waals surface area contributed by atoms with Gasteiger partial charge in [0.15, 0.2) is 0 Å². The fourth-order valence-electron chi connectivity index (χ4n) is 2.45. The van der Waals surface area contributed by atoms with Crippen molar-refractivity contribution in [2.45, 2.75) is 18.9 Å². The van der Waals surface area contributed by atoms with E-state index in [2.05, 4.69) is 20.3 Å². The number of carbonyl (C=O) groups is 1. The average molecular weight is 272 g/mol. The minimum atomic E-state index is -0.573. The summed E-state index contributed by atoms with van der Waals surface area (Å²) < 4.78 is 5.46. The normalized spacial score (nSPS) is 21.9. The second kappa shape index (κ2) is 5.05. The van der Waals surface area contributed by atoms with E-state index in [0.717, 1.165) is 11.4 Å². The number of carbonyl (C=O) groups excluding carboxylic acids is 1. The molecule has 20 heavy (non-hydrogen) atoms. The number of nitrogens with one attached hydrogen (secondary N) is 2. The number of hydrogen-bond donors (Lipinski definition) is 2. The van der Waals surface area contributed by atoms with E-state index in [-0.39, 0.29) is 5.91 Å². The number of pyridine rings is 1. The molecule has 3 heterocycles. The summed E-state index contributed by atoms with van der Waals surface area (Å²) in [6.45, 7) is 2.90. The van der Waals surface area contributed by atoms with E-state index < -0.39 is 5.54 Å². The van der Waals surface area contributed by atoms with Crippen molar-refractivity contribution < 1.29 is 9.53 Å². The third-order valence-electron chi connectivity index (χ3n) is 3.59. The third-order valence-corrected chi connectivity index (χ3v) is 3.59. The van der Waals surface area contributed by atoms with Gasteiger partial charge in [0.2, 0.25) is 0 Å². The van der Waals surface area contributed by atoms with Gasteiger partial charge in [0.1, 0.15) is 11.4 Å². The maximum Gasteiger partial charge on any atom is 0.252 e. The summed E-state index contributed by atoms with van der Waals surface area (Å²) in [5.74, 6) is 0.599. The molecule has 1 aliphatic heterocycles. The van der Waals surface area contributed by atoms with Crippen LogP contribution in [0.5, 0.6) is 0 Å². The zero-order valence-corrected chi connectivity index (χ0v) is 11.2. The fourth-order valence-corrected chi connectivity index (χ4v) is 2.45. The monoisotopic (exact) mass is 272 g/mol. The second-order valence-electron chi connectivity index (χ2n) is 4.97. The largest absolute Gasteiger partial charge is 0.378 e. The molecular formula is C14H16N4O2. The Balaban J connectivity index is 1.88. The van der Waals surface area contributed by atoms with Crippen LogP contribution in [0.2, 0.25) is 0 Å². The number of ether oxygens (including phenoxy) is 1. The van der Waals surface area contributed by atoms with Crippen LogP contribution in [0.4, 0.5) is 0 Å². The number of amides is 1. The molecule has 0 radical (unpaired) electrons. The van der Waals surface area contributed by atoms with E-state index in [1.165, 1.54) is 0 Å². The minimum absolute atomic E-state index is 0.133. The molecule has 0 aromatic carbocycles. The van der Waals surface area contributed by atoms with Gasteiger partial charge in [0, 0.05) is 43.4 Å². The Labute approximate surface area is 116 Å². The van der Waals surface area contributed by atoms with Gasteiger partial charge < -0.3 is 15.0 Å². The smallest absolute Gasteiger partial charge is 0.252 e. The standard InChI is InChI=1S/C14H16N4O2/c1-10-8-15-4-2-11(10)12(19)18-14(3-7-20-9-14)13-16-5-6-17-13/h2,4-6,8H,3,7,9H2,1H3,(H,16,17)(H,18,19). The Kier molecular flexibility index (Phi) is 3.23. The summed E-state index contributed by atoms with van der Waals surface area (Å²) in [5, 5.41) is 3.07. The molecule has 104 valence electrons. The fraction of sp³-hybridized carbons (Fsp3) is 0.357. The number of imidazole rings is 1. The van der Waals surface area contributed by atoms with E-state index in [9.17, 15) is 4.79 Å². The second-order valence-corrected chi connectivity index (χ2v) is 4.97. The lowest BCUT2D eigenvalue weighted by Gasteiger charge is -2.26. The first-order valence-electron chi connectivity index (χ1n) is 6.52. The van der Waals surface area contributed by atoms with Gasteiger partial charge in [-0.15, -0.1) is 0 Å². The van der Waals surface area contributed by atoms with Crippen molar-refractivity contribution in [1.29, 1.82) is 0 Å². The number of hydrogen-bond acceptors (Lipinski definition) is 4. The average Bonchev–Trinajstić information content (AvgIpc) is 3.10. The third kappa shape index (κ3) is 2.18. The summed E-state index contributed by atoms with van der Waals surface area (Å²) in [4.78, 5) is 23.8. The molecule has 1 fully saturated rings. The molecule has 6 nitrogen and oxygen atoms in total. The predicted molar refractivity (Wildman–Crippen MR) is 72.1 cm³/mol. The molecule has 1 atom stereocenters. The van der Waals surface area contributed by atoms with Crippen molar-refractivity contribution >= 4 is 5.91 Å². The highest BCUT2D eigenvalue weighted by molar-refractivity contribution is 5.96. The predicted octanol–water partition coefficient (Wildman–Crippen LogP) is 1.16. The van der Waals surface area contributed by atoms with Crippen molar-refractivity contribution in [1.82, 2.24) is 20.3 Å². The molecule has 0 saturated carbocycles. The van der Waals surface area contributed by atoms with Gasteiger partial charge in [0.25, 0.3) is 5.91 Å². The maximum absolute atomic E-state index is 12.5. The van der Waals surface area contributed by atoms with Crippen LogP contribution in [-0.4, -0.2) is 34.1 Å². The lowest BCUT2D eigenvalue weighted by atomic mass is 9.96. The van der Waals surface area contributed by atoms with E-state index in [0.29, 0.717) is 25.2 Å². The first-order chi connectivity index (χ1) is 9.71. The van der Waals surface area contributed by atoms with Crippen LogP contribution in [0.1, 0.15) is 28.2 Å². The molecule has 0 aliphatic carbocycles. The number of rotatable bonds is 3. The number of aromatic nitrogens is 3. The summed E-state index contributed by atoms with van der Waals surface area (Å²) in [6.07, 6.45) is 7.43. The molecule has 2 aromatic rings. The minimum Gasteiger partial charge on any atom is -0.378 e. The lowest BCUT2D eigenvalue weighted by molar-refractivity contribution is 0.0869. The highest BCUT2D eigenvalue weighted by Crippen LogP contribution is 2.28. The van der Waals surface area contributed by atoms with Gasteiger partial charge in [-0.2, -0.15) is 0 Å². The van der Waals surface area contributed by atoms with Crippen molar-refractivity contribution in [3.05, 3.63) is 47.8 Å². The molecule has 1 amide bonds. The maximum atomic E-state index is 12.5. The van der Waals surface area contributed by atoms with Crippen LogP contribution >= 0.6 is 0 Å². The summed E-state index contributed by atoms with van der Waals surface area (Å²) in [5.41, 5.74) is 0.896. The van der Waals surface area contributed by atoms with Crippen LogP contribution in [0.15, 0.2) is 30.9 Å². The lowest BCUT2D eigenvalue weighted by Crippen LogP contribution is -2.47. The molecule has 1 saturated heterocycles. The van der Waals surface area contributed by atoms with E-state index in [1.54, 1.807) is 30.9 Å². The molecule has 0 bridgehead atoms. The van der Waals surface area contributed by atoms with Crippen LogP contribution in [-0.2, 0) is 10.3 Å². The van der Waals surface area contributed by atoms with Crippen LogP contribution in [0, 0.1) is 6.92 Å². The molecular weight excluding hydrogens is 256 g/mol. The van der Waals surface area contributed by atoms with Crippen LogP contribution in [0.3, 0.4) is 0 Å². The van der Waals surface area contributed by atoms with Crippen molar-refractivity contribution in [3.8, 4) is 0 Å². The van der Waals surface area contributed by atoms with Gasteiger partial charge in [-0.25, -0.2) is 4.98 Å². The quantitative estimate of drug-likeness (QED) is 0.878. The summed E-state index contributed by atoms with van der Waals surface area (Å²) in [7, 11) is 0. The zero-order valence-electron chi connectivity index (χ0n) is 11.2. The first-order valence-corrected chi connectivity index (χ1v) is 6.52. The molecule has 6 heteroatoms. The molecule has 2 N–H and O–H groups in total. The number of aryl methyl sites for hydroxylation is 1. The Morgan fingerprint density at radius 3 is 3.05 bits per heavy atom. The van der Waals surface area contributed by atoms with Crippen molar-refractivity contribution in [3.63, 3.8) is 0 Å². The van der Waals surface area contributed by atoms with Gasteiger partial charge in [-0.3, -0.25) is 9.78 Å². The van der Waals surface area contributed by atoms with E-state index >= 15 is 0 Å². The van der Waals surface area contributed by atoms with E-state index in [4.69, 9.17) is 4.74 Å². The molecule has 2 aromatic heterocycles. The Morgan fingerprint density at radius 1 is 1.50 bits per heavy atom. The van der Waals surface area contributed by atoms with E-state index in [1.807, 2.05) is 6.92 Å². The topological polar surface area (TPSA) is 79.9 Å². The number of H-pyrrole nitrogens is 1. The Morgan fingerprint density at radius 2 is 2.40 bits per heavy atom. The van der Waals surface area contributed by atoms with Gasteiger partial charge in [0.05, 0.1) is 6.61 Å². The molecule has 0 spiro atoms. The Hall–Kier alpha value is -2.21. The number of nitrogens with zero attached hydrogens (tertiary/aromatic N) is 2. The van der Waals surface area contributed by atoms with Gasteiger partial charge in [-0.05, 0) is 18.6 Å². The summed E-state index contributed by atoms with van der Waals surface area (Å²) in [6, 6.07) is 1.72. The SMILES string of the molecule is Cc1cnccc1C(=O)NC1(c2ncc[nH]2)CCOC1. The van der Waals surface area contributed by atoms with Crippen molar-refractivity contribution in [2.24, 2.45) is 0 Å². The van der Waals surface area contributed by atoms with Crippen molar-refractivity contribution in [2.75, 3.05) is 13.2 Å². The van der Waals surface area contributed by atoms with Crippen LogP contribution in [0.25, 0.3) is 0 Å². The van der Waals surface area contributed by atoms with Crippen LogP contribution < -0.4 is 5.32 Å². The first kappa shape index (κ1) is 12.8. The zero-order chi connectivity index (χ0) is 14.0. The Bertz CT molecular complexity index is 603. The molecule has 1 aliphatic rings. The highest BCUT2D eigenvalue weighted by Gasteiger charge is 2.40. The molecule has 1 unspecified atom stereocenters. The number of aromatic amines is 1. The highest BCUT2D eigenvalue weighted by atomic mass is 16.5. The summed E-state index contributed by atoms with van der Waals surface area (Å²) >= 11 is 0.